The summed E-state index contributed by atoms with van der Waals surface area (Å²) >= 11 is 0. The molecule has 2 aromatic carbocycles. The van der Waals surface area contributed by atoms with Gasteiger partial charge >= 0.3 is 6.03 Å². The summed E-state index contributed by atoms with van der Waals surface area (Å²) < 4.78 is 13.2. The lowest BCUT2D eigenvalue weighted by Gasteiger charge is -2.31. The fraction of sp³-hybridized carbons (Fsp3) is 0.316. The average Bonchev–Trinajstić information content (AvgIpc) is 2.97. The van der Waals surface area contributed by atoms with Crippen molar-refractivity contribution in [2.24, 2.45) is 0 Å². The molecule has 1 aliphatic rings. The van der Waals surface area contributed by atoms with E-state index in [1.807, 2.05) is 31.2 Å². The van der Waals surface area contributed by atoms with E-state index in [4.69, 9.17) is 0 Å². The number of halogens is 1. The van der Waals surface area contributed by atoms with Crippen molar-refractivity contribution in [3.63, 3.8) is 0 Å². The van der Waals surface area contributed by atoms with E-state index in [1.54, 1.807) is 12.1 Å². The predicted octanol–water partition coefficient (Wildman–Crippen LogP) is 4.73. The molecule has 0 radical (unpaired) electrons. The Balaban J connectivity index is 1.77. The van der Waals surface area contributed by atoms with Crippen molar-refractivity contribution in [1.29, 1.82) is 0 Å². The van der Waals surface area contributed by atoms with Gasteiger partial charge in [-0.2, -0.15) is 0 Å². The second-order valence-corrected chi connectivity index (χ2v) is 6.24. The molecule has 0 atom stereocenters. The SMILES string of the molecule is Cc1cccc(NC(=O)NC2(c3ccc(F)cc3)CCCC2)c1. The molecular formula is C19H21FN2O. The maximum Gasteiger partial charge on any atom is 0.319 e. The maximum atomic E-state index is 13.2. The van der Waals surface area contributed by atoms with E-state index in [2.05, 4.69) is 10.6 Å². The number of benzene rings is 2. The lowest BCUT2D eigenvalue weighted by Crippen LogP contribution is -2.45. The Kier molecular flexibility index (Phi) is 4.33. The number of hydrogen-bond acceptors (Lipinski definition) is 1. The van der Waals surface area contributed by atoms with Crippen LogP contribution in [0, 0.1) is 12.7 Å². The van der Waals surface area contributed by atoms with Gasteiger partial charge in [0.05, 0.1) is 5.54 Å². The Hall–Kier alpha value is -2.36. The van der Waals surface area contributed by atoms with Gasteiger partial charge < -0.3 is 10.6 Å². The van der Waals surface area contributed by atoms with Gasteiger partial charge in [0.15, 0.2) is 0 Å². The molecule has 23 heavy (non-hydrogen) atoms. The smallest absolute Gasteiger partial charge is 0.319 e. The number of carbonyl (C=O) groups is 1. The minimum Gasteiger partial charge on any atom is -0.328 e. The molecule has 3 nitrogen and oxygen atoms in total. The largest absolute Gasteiger partial charge is 0.328 e. The molecule has 0 unspecified atom stereocenters. The Bertz CT molecular complexity index is 691. The number of urea groups is 1. The molecule has 3 rings (SSSR count). The Labute approximate surface area is 135 Å². The highest BCUT2D eigenvalue weighted by molar-refractivity contribution is 5.90. The molecule has 0 spiro atoms. The topological polar surface area (TPSA) is 41.1 Å². The van der Waals surface area contributed by atoms with Crippen LogP contribution < -0.4 is 10.6 Å². The molecule has 0 saturated heterocycles. The van der Waals surface area contributed by atoms with Crippen molar-refractivity contribution >= 4 is 11.7 Å². The summed E-state index contributed by atoms with van der Waals surface area (Å²) in [4.78, 5) is 12.4. The molecule has 0 bridgehead atoms. The minimum absolute atomic E-state index is 0.221. The van der Waals surface area contributed by atoms with E-state index in [0.717, 1.165) is 42.5 Å². The summed E-state index contributed by atoms with van der Waals surface area (Å²) in [6.45, 7) is 1.99. The van der Waals surface area contributed by atoms with Crippen LogP contribution in [0.2, 0.25) is 0 Å². The predicted molar refractivity (Wildman–Crippen MR) is 89.9 cm³/mol. The van der Waals surface area contributed by atoms with Crippen LogP contribution in [0.15, 0.2) is 48.5 Å². The Morgan fingerprint density at radius 3 is 2.43 bits per heavy atom. The van der Waals surface area contributed by atoms with Crippen molar-refractivity contribution in [1.82, 2.24) is 5.32 Å². The third kappa shape index (κ3) is 3.52. The summed E-state index contributed by atoms with van der Waals surface area (Å²) in [5.74, 6) is -0.258. The molecule has 0 aliphatic heterocycles. The quantitative estimate of drug-likeness (QED) is 0.845. The molecule has 0 aromatic heterocycles. The molecule has 2 amide bonds. The van der Waals surface area contributed by atoms with Gasteiger partial charge in [-0.05, 0) is 55.2 Å². The standard InChI is InChI=1S/C19H21FN2O/c1-14-5-4-6-17(13-14)21-18(23)22-19(11-2-3-12-19)15-7-9-16(20)10-8-15/h4-10,13H,2-3,11-12H2,1H3,(H2,21,22,23). The van der Waals surface area contributed by atoms with E-state index >= 15 is 0 Å². The van der Waals surface area contributed by atoms with E-state index in [0.29, 0.717) is 0 Å². The molecule has 1 fully saturated rings. The van der Waals surface area contributed by atoms with Crippen LogP contribution in [-0.2, 0) is 5.54 Å². The van der Waals surface area contributed by atoms with Gasteiger partial charge in [0.1, 0.15) is 5.82 Å². The molecule has 0 heterocycles. The highest BCUT2D eigenvalue weighted by Crippen LogP contribution is 2.38. The van der Waals surface area contributed by atoms with Crippen LogP contribution in [0.1, 0.15) is 36.8 Å². The van der Waals surface area contributed by atoms with Crippen molar-refractivity contribution < 1.29 is 9.18 Å². The first-order chi connectivity index (χ1) is 11.1. The van der Waals surface area contributed by atoms with Gasteiger partial charge in [-0.25, -0.2) is 9.18 Å². The zero-order valence-corrected chi connectivity index (χ0v) is 13.2. The third-order valence-electron chi connectivity index (χ3n) is 4.48. The fourth-order valence-corrected chi connectivity index (χ4v) is 3.34. The second-order valence-electron chi connectivity index (χ2n) is 6.24. The first kappa shape index (κ1) is 15.5. The first-order valence-electron chi connectivity index (χ1n) is 7.99. The van der Waals surface area contributed by atoms with Crippen molar-refractivity contribution in [2.75, 3.05) is 5.32 Å². The number of amides is 2. The number of rotatable bonds is 3. The maximum absolute atomic E-state index is 13.2. The number of carbonyl (C=O) groups excluding carboxylic acids is 1. The van der Waals surface area contributed by atoms with Gasteiger partial charge in [-0.1, -0.05) is 37.1 Å². The van der Waals surface area contributed by atoms with E-state index in [-0.39, 0.29) is 11.8 Å². The van der Waals surface area contributed by atoms with Crippen LogP contribution >= 0.6 is 0 Å². The molecule has 1 aliphatic carbocycles. The van der Waals surface area contributed by atoms with Crippen molar-refractivity contribution in [2.45, 2.75) is 38.1 Å². The van der Waals surface area contributed by atoms with Crippen LogP contribution in [0.5, 0.6) is 0 Å². The van der Waals surface area contributed by atoms with E-state index in [1.165, 1.54) is 12.1 Å². The van der Waals surface area contributed by atoms with Gasteiger partial charge in [0.25, 0.3) is 0 Å². The summed E-state index contributed by atoms with van der Waals surface area (Å²) in [5.41, 5.74) is 2.43. The van der Waals surface area contributed by atoms with E-state index in [9.17, 15) is 9.18 Å². The second kappa shape index (κ2) is 6.41. The molecule has 2 aromatic rings. The first-order valence-corrected chi connectivity index (χ1v) is 7.99. The van der Waals surface area contributed by atoms with Crippen molar-refractivity contribution in [3.05, 3.63) is 65.5 Å². The van der Waals surface area contributed by atoms with E-state index < -0.39 is 5.54 Å². The highest BCUT2D eigenvalue weighted by atomic mass is 19.1. The van der Waals surface area contributed by atoms with Crippen LogP contribution in [0.25, 0.3) is 0 Å². The average molecular weight is 312 g/mol. The highest BCUT2D eigenvalue weighted by Gasteiger charge is 2.37. The lowest BCUT2D eigenvalue weighted by molar-refractivity contribution is 0.236. The van der Waals surface area contributed by atoms with Gasteiger partial charge in [0.2, 0.25) is 0 Å². The van der Waals surface area contributed by atoms with Crippen LogP contribution in [0.4, 0.5) is 14.9 Å². The third-order valence-corrected chi connectivity index (χ3v) is 4.48. The zero-order valence-electron chi connectivity index (χ0n) is 13.2. The molecule has 120 valence electrons. The zero-order chi connectivity index (χ0) is 16.3. The Morgan fingerprint density at radius 1 is 1.09 bits per heavy atom. The summed E-state index contributed by atoms with van der Waals surface area (Å²) in [6.07, 6.45) is 3.87. The summed E-state index contributed by atoms with van der Waals surface area (Å²) in [6, 6.07) is 13.9. The number of anilines is 1. The van der Waals surface area contributed by atoms with Crippen LogP contribution in [-0.4, -0.2) is 6.03 Å². The number of hydrogen-bond donors (Lipinski definition) is 2. The minimum atomic E-state index is -0.401. The number of nitrogens with one attached hydrogen (secondary N) is 2. The molecule has 1 saturated carbocycles. The number of aryl methyl sites for hydroxylation is 1. The van der Waals surface area contributed by atoms with Gasteiger partial charge in [0, 0.05) is 5.69 Å². The lowest BCUT2D eigenvalue weighted by atomic mass is 9.88. The fourth-order valence-electron chi connectivity index (χ4n) is 3.34. The van der Waals surface area contributed by atoms with Gasteiger partial charge in [-0.15, -0.1) is 0 Å². The normalized spacial score (nSPS) is 16.1. The molecule has 4 heteroatoms. The summed E-state index contributed by atoms with van der Waals surface area (Å²) in [7, 11) is 0. The van der Waals surface area contributed by atoms with Crippen LogP contribution in [0.3, 0.4) is 0 Å². The van der Waals surface area contributed by atoms with Gasteiger partial charge in [-0.3, -0.25) is 0 Å². The Morgan fingerprint density at radius 2 is 1.78 bits per heavy atom. The molecule has 2 N–H and O–H groups in total. The molecular weight excluding hydrogens is 291 g/mol. The monoisotopic (exact) mass is 312 g/mol. The van der Waals surface area contributed by atoms with Crippen molar-refractivity contribution in [3.8, 4) is 0 Å². The summed E-state index contributed by atoms with van der Waals surface area (Å²) in [5, 5.41) is 6.02.